The normalized spacial score (nSPS) is 17.3. The smallest absolute Gasteiger partial charge is 0.134 e. The SMILES string of the molecule is CN1c2c(c3c(c4ccccc24)C=CNC3)N(c2cccc(-c3cccc(C4=CC(c5ccccc5)NC(c5ccccc5)=N4)c3)c2)C1c1ccccc1. The highest BCUT2D eigenvalue weighted by Crippen LogP contribution is 2.56. The molecule has 54 heavy (non-hydrogen) atoms. The predicted molar refractivity (Wildman–Crippen MR) is 225 cm³/mol. The van der Waals surface area contributed by atoms with Crippen molar-refractivity contribution in [2.24, 2.45) is 4.99 Å². The molecule has 5 nitrogen and oxygen atoms in total. The molecule has 0 saturated heterocycles. The average Bonchev–Trinajstić information content (AvgIpc) is 3.57. The van der Waals surface area contributed by atoms with Gasteiger partial charge in [-0.05, 0) is 69.8 Å². The summed E-state index contributed by atoms with van der Waals surface area (Å²) in [5, 5.41) is 9.78. The van der Waals surface area contributed by atoms with Gasteiger partial charge < -0.3 is 20.4 Å². The van der Waals surface area contributed by atoms with Crippen molar-refractivity contribution in [3.05, 3.63) is 209 Å². The molecule has 3 aliphatic rings. The molecule has 0 aliphatic carbocycles. The Kier molecular flexibility index (Phi) is 7.84. The number of nitrogens with one attached hydrogen (secondary N) is 2. The molecular weight excluding hydrogens is 659 g/mol. The van der Waals surface area contributed by atoms with Crippen LogP contribution in [0.5, 0.6) is 0 Å². The Morgan fingerprint density at radius 1 is 0.593 bits per heavy atom. The van der Waals surface area contributed by atoms with Crippen molar-refractivity contribution in [3.63, 3.8) is 0 Å². The Labute approximate surface area is 316 Å². The second kappa shape index (κ2) is 13.3. The van der Waals surface area contributed by atoms with Gasteiger partial charge in [-0.25, -0.2) is 4.99 Å². The number of anilines is 3. The van der Waals surface area contributed by atoms with Crippen molar-refractivity contribution >= 4 is 45.4 Å². The highest BCUT2D eigenvalue weighted by molar-refractivity contribution is 6.10. The van der Waals surface area contributed by atoms with Gasteiger partial charge in [0, 0.05) is 41.4 Å². The van der Waals surface area contributed by atoms with Gasteiger partial charge in [0.15, 0.2) is 0 Å². The van der Waals surface area contributed by atoms with Gasteiger partial charge in [-0.2, -0.15) is 0 Å². The number of benzene rings is 7. The van der Waals surface area contributed by atoms with E-state index in [4.69, 9.17) is 4.99 Å². The minimum atomic E-state index is -0.0239. The molecule has 0 fully saturated rings. The molecule has 5 heteroatoms. The fraction of sp³-hybridized carbons (Fsp3) is 0.0816. The summed E-state index contributed by atoms with van der Waals surface area (Å²) in [5.74, 6) is 0.873. The zero-order chi connectivity index (χ0) is 36.0. The Balaban J connectivity index is 1.10. The third kappa shape index (κ3) is 5.44. The molecule has 0 bridgehead atoms. The van der Waals surface area contributed by atoms with E-state index >= 15 is 0 Å². The van der Waals surface area contributed by atoms with E-state index in [1.165, 1.54) is 44.4 Å². The van der Waals surface area contributed by atoms with Gasteiger partial charge in [0.1, 0.15) is 12.0 Å². The van der Waals surface area contributed by atoms with Gasteiger partial charge >= 0.3 is 0 Å². The van der Waals surface area contributed by atoms with Gasteiger partial charge in [0.2, 0.25) is 0 Å². The second-order valence-electron chi connectivity index (χ2n) is 14.2. The molecule has 3 heterocycles. The van der Waals surface area contributed by atoms with Crippen molar-refractivity contribution in [3.8, 4) is 11.1 Å². The van der Waals surface area contributed by atoms with E-state index in [2.05, 4.69) is 204 Å². The summed E-state index contributed by atoms with van der Waals surface area (Å²) >= 11 is 0. The van der Waals surface area contributed by atoms with Crippen LogP contribution in [0.15, 0.2) is 181 Å². The molecule has 0 amide bonds. The minimum absolute atomic E-state index is 0.00521. The summed E-state index contributed by atoms with van der Waals surface area (Å²) < 4.78 is 0. The number of hydrogen-bond donors (Lipinski definition) is 2. The van der Waals surface area contributed by atoms with Crippen LogP contribution in [-0.4, -0.2) is 12.9 Å². The summed E-state index contributed by atoms with van der Waals surface area (Å²) in [6, 6.07) is 58.6. The van der Waals surface area contributed by atoms with Crippen molar-refractivity contribution < 1.29 is 0 Å². The van der Waals surface area contributed by atoms with E-state index in [0.717, 1.165) is 46.0 Å². The molecule has 260 valence electrons. The lowest BCUT2D eigenvalue weighted by Gasteiger charge is -2.32. The fourth-order valence-corrected chi connectivity index (χ4v) is 8.43. The zero-order valence-corrected chi connectivity index (χ0v) is 30.0. The standard InChI is InChI=1S/C49H39N5/c1-53-46-42-26-12-11-25-40(42)41-27-28-50-32-43(41)47(46)54(49(53)35-19-9-4-10-20-35)39-24-14-22-37(30-39)36-21-13-23-38(29-36)45-31-44(33-15-5-2-6-16-33)51-48(52-45)34-17-7-3-8-18-34/h2-31,44,49-50H,32H2,1H3,(H,51,52). The number of aliphatic imine (C=N–C) groups is 1. The first kappa shape index (κ1) is 31.9. The van der Waals surface area contributed by atoms with Crippen molar-refractivity contribution in [2.75, 3.05) is 16.8 Å². The third-order valence-electron chi connectivity index (χ3n) is 10.9. The van der Waals surface area contributed by atoms with E-state index in [1.807, 2.05) is 6.07 Å². The summed E-state index contributed by atoms with van der Waals surface area (Å²) in [5.41, 5.74) is 14.2. The molecule has 10 rings (SSSR count). The largest absolute Gasteiger partial charge is 0.387 e. The molecule has 7 aromatic rings. The Bertz CT molecular complexity index is 2610. The van der Waals surface area contributed by atoms with Gasteiger partial charge in [-0.3, -0.25) is 0 Å². The van der Waals surface area contributed by atoms with Crippen LogP contribution >= 0.6 is 0 Å². The summed E-state index contributed by atoms with van der Waals surface area (Å²) in [6.07, 6.45) is 6.54. The van der Waals surface area contributed by atoms with Gasteiger partial charge in [0.05, 0.1) is 23.1 Å². The lowest BCUT2D eigenvalue weighted by atomic mass is 9.93. The maximum Gasteiger partial charge on any atom is 0.134 e. The first-order valence-corrected chi connectivity index (χ1v) is 18.6. The number of amidine groups is 1. The molecule has 3 aliphatic heterocycles. The Hall–Kier alpha value is -6.85. The topological polar surface area (TPSA) is 42.9 Å². The van der Waals surface area contributed by atoms with Crippen LogP contribution in [0.4, 0.5) is 17.1 Å². The first-order chi connectivity index (χ1) is 26.7. The van der Waals surface area contributed by atoms with Crippen LogP contribution in [0.25, 0.3) is 33.7 Å². The van der Waals surface area contributed by atoms with Crippen LogP contribution in [0.1, 0.15) is 45.6 Å². The molecule has 2 N–H and O–H groups in total. The number of nitrogens with zero attached hydrogens (tertiary/aromatic N) is 3. The van der Waals surface area contributed by atoms with Crippen molar-refractivity contribution in [1.29, 1.82) is 0 Å². The van der Waals surface area contributed by atoms with E-state index in [1.54, 1.807) is 0 Å². The lowest BCUT2D eigenvalue weighted by molar-refractivity contribution is 0.717. The first-order valence-electron chi connectivity index (χ1n) is 18.6. The minimum Gasteiger partial charge on any atom is -0.387 e. The van der Waals surface area contributed by atoms with Crippen molar-refractivity contribution in [1.82, 2.24) is 10.6 Å². The fourth-order valence-electron chi connectivity index (χ4n) is 8.43. The maximum atomic E-state index is 5.20. The number of fused-ring (bicyclic) bond motifs is 6. The average molecular weight is 698 g/mol. The van der Waals surface area contributed by atoms with Crippen LogP contribution in [0.2, 0.25) is 0 Å². The predicted octanol–water partition coefficient (Wildman–Crippen LogP) is 11.0. The molecule has 2 atom stereocenters. The third-order valence-corrected chi connectivity index (χ3v) is 10.9. The molecule has 7 aromatic carbocycles. The van der Waals surface area contributed by atoms with Gasteiger partial charge in [-0.15, -0.1) is 0 Å². The molecule has 0 saturated carbocycles. The Morgan fingerprint density at radius 3 is 2.00 bits per heavy atom. The van der Waals surface area contributed by atoms with E-state index in [0.29, 0.717) is 0 Å². The van der Waals surface area contributed by atoms with E-state index in [9.17, 15) is 0 Å². The van der Waals surface area contributed by atoms with E-state index in [-0.39, 0.29) is 12.2 Å². The van der Waals surface area contributed by atoms with Crippen molar-refractivity contribution in [2.45, 2.75) is 18.8 Å². The second-order valence-corrected chi connectivity index (χ2v) is 14.2. The lowest BCUT2D eigenvalue weighted by Crippen LogP contribution is -2.31. The zero-order valence-electron chi connectivity index (χ0n) is 30.0. The molecular formula is C49H39N5. The molecule has 0 radical (unpaired) electrons. The summed E-state index contributed by atoms with van der Waals surface area (Å²) in [7, 11) is 2.24. The highest BCUT2D eigenvalue weighted by Gasteiger charge is 2.40. The van der Waals surface area contributed by atoms with Crippen LogP contribution in [-0.2, 0) is 6.54 Å². The van der Waals surface area contributed by atoms with Gasteiger partial charge in [0.25, 0.3) is 0 Å². The van der Waals surface area contributed by atoms with Crippen LogP contribution in [0, 0.1) is 0 Å². The number of hydrogen-bond acceptors (Lipinski definition) is 5. The highest BCUT2D eigenvalue weighted by atomic mass is 15.4. The molecule has 0 spiro atoms. The summed E-state index contributed by atoms with van der Waals surface area (Å²) in [6.45, 7) is 0.770. The Morgan fingerprint density at radius 2 is 1.22 bits per heavy atom. The van der Waals surface area contributed by atoms with Crippen LogP contribution < -0.4 is 20.4 Å². The van der Waals surface area contributed by atoms with Gasteiger partial charge in [-0.1, -0.05) is 146 Å². The maximum absolute atomic E-state index is 5.20. The molecule has 0 aromatic heterocycles. The number of rotatable bonds is 6. The molecule has 2 unspecified atom stereocenters. The van der Waals surface area contributed by atoms with E-state index < -0.39 is 0 Å². The quantitative estimate of drug-likeness (QED) is 0.182. The summed E-state index contributed by atoms with van der Waals surface area (Å²) in [4.78, 5) is 10.2. The monoisotopic (exact) mass is 697 g/mol. The van der Waals surface area contributed by atoms with Crippen LogP contribution in [0.3, 0.4) is 0 Å².